The number of aromatic nitrogens is 1. The van der Waals surface area contributed by atoms with E-state index in [9.17, 15) is 0 Å². The van der Waals surface area contributed by atoms with Crippen LogP contribution in [0.25, 0.3) is 0 Å². The Bertz CT molecular complexity index is 298. The molecule has 1 aliphatic rings. The van der Waals surface area contributed by atoms with Crippen LogP contribution in [0.15, 0.2) is 29.4 Å². The number of rotatable bonds is 7. The second-order valence-electron chi connectivity index (χ2n) is 4.39. The summed E-state index contributed by atoms with van der Waals surface area (Å²) in [5.74, 6) is 2.12. The maximum Gasteiger partial charge on any atom is 0.0278 e. The quantitative estimate of drug-likeness (QED) is 0.737. The molecule has 0 aromatic carbocycles. The van der Waals surface area contributed by atoms with Gasteiger partial charge in [0.15, 0.2) is 0 Å². The van der Waals surface area contributed by atoms with Crippen LogP contribution in [-0.4, -0.2) is 23.3 Å². The number of nitrogens with one attached hydrogen (secondary N) is 1. The zero-order valence-corrected chi connectivity index (χ0v) is 10.7. The van der Waals surface area contributed by atoms with Crippen molar-refractivity contribution in [2.45, 2.75) is 37.1 Å². The molecule has 2 rings (SSSR count). The fourth-order valence-electron chi connectivity index (χ4n) is 1.81. The summed E-state index contributed by atoms with van der Waals surface area (Å²) < 4.78 is 0. The lowest BCUT2D eigenvalue weighted by Crippen LogP contribution is -2.33. The van der Waals surface area contributed by atoms with Gasteiger partial charge in [-0.3, -0.25) is 4.98 Å². The summed E-state index contributed by atoms with van der Waals surface area (Å²) in [5, 5.41) is 3.67. The van der Waals surface area contributed by atoms with Crippen molar-refractivity contribution in [3.05, 3.63) is 24.5 Å². The van der Waals surface area contributed by atoms with E-state index >= 15 is 0 Å². The van der Waals surface area contributed by atoms with Gasteiger partial charge >= 0.3 is 0 Å². The van der Waals surface area contributed by atoms with Gasteiger partial charge in [0.05, 0.1) is 0 Å². The number of thioether (sulfide) groups is 1. The minimum atomic E-state index is 0.707. The van der Waals surface area contributed by atoms with E-state index in [-0.39, 0.29) is 0 Å². The Labute approximate surface area is 102 Å². The Kier molecular flexibility index (Phi) is 4.67. The van der Waals surface area contributed by atoms with Gasteiger partial charge in [0.2, 0.25) is 0 Å². The molecule has 1 saturated carbocycles. The molecular weight excluding hydrogens is 216 g/mol. The van der Waals surface area contributed by atoms with E-state index in [4.69, 9.17) is 0 Å². The minimum absolute atomic E-state index is 0.707. The van der Waals surface area contributed by atoms with Crippen molar-refractivity contribution in [2.75, 3.05) is 12.3 Å². The van der Waals surface area contributed by atoms with Gasteiger partial charge in [-0.05, 0) is 43.9 Å². The molecule has 0 aliphatic heterocycles. The zero-order valence-electron chi connectivity index (χ0n) is 9.86. The fourth-order valence-corrected chi connectivity index (χ4v) is 2.89. The van der Waals surface area contributed by atoms with Gasteiger partial charge < -0.3 is 5.32 Å². The Morgan fingerprint density at radius 1 is 1.44 bits per heavy atom. The first kappa shape index (κ1) is 11.9. The van der Waals surface area contributed by atoms with E-state index in [1.165, 1.54) is 29.9 Å². The first-order valence-electron chi connectivity index (χ1n) is 6.16. The van der Waals surface area contributed by atoms with Crippen LogP contribution < -0.4 is 5.32 Å². The second-order valence-corrected chi connectivity index (χ2v) is 5.49. The molecule has 1 unspecified atom stereocenters. The molecule has 3 heteroatoms. The molecule has 1 atom stereocenters. The van der Waals surface area contributed by atoms with Crippen LogP contribution in [0.1, 0.15) is 26.2 Å². The Balaban J connectivity index is 1.77. The van der Waals surface area contributed by atoms with Crippen LogP contribution >= 0.6 is 11.8 Å². The number of hydrogen-bond acceptors (Lipinski definition) is 3. The molecule has 0 radical (unpaired) electrons. The molecular formula is C13H20N2S. The monoisotopic (exact) mass is 236 g/mol. The predicted molar refractivity (Wildman–Crippen MR) is 69.8 cm³/mol. The van der Waals surface area contributed by atoms with Gasteiger partial charge in [-0.1, -0.05) is 6.92 Å². The van der Waals surface area contributed by atoms with Crippen molar-refractivity contribution in [1.29, 1.82) is 0 Å². The highest BCUT2D eigenvalue weighted by Gasteiger charge is 2.30. The smallest absolute Gasteiger partial charge is 0.0278 e. The Hall–Kier alpha value is -0.540. The predicted octanol–water partition coefficient (Wildman–Crippen LogP) is 2.95. The third kappa shape index (κ3) is 3.80. The molecule has 1 heterocycles. The molecule has 1 aromatic rings. The van der Waals surface area contributed by atoms with E-state index < -0.39 is 0 Å². The normalized spacial score (nSPS) is 17.3. The van der Waals surface area contributed by atoms with Crippen molar-refractivity contribution in [1.82, 2.24) is 10.3 Å². The van der Waals surface area contributed by atoms with Crippen molar-refractivity contribution in [2.24, 2.45) is 5.92 Å². The minimum Gasteiger partial charge on any atom is -0.313 e. The van der Waals surface area contributed by atoms with E-state index in [2.05, 4.69) is 29.4 Å². The second kappa shape index (κ2) is 6.26. The van der Waals surface area contributed by atoms with E-state index in [1.807, 2.05) is 24.2 Å². The largest absolute Gasteiger partial charge is 0.313 e. The zero-order chi connectivity index (χ0) is 11.2. The molecule has 0 saturated heterocycles. The van der Waals surface area contributed by atoms with E-state index in [1.54, 1.807) is 0 Å². The number of pyridine rings is 1. The average molecular weight is 236 g/mol. The first-order chi connectivity index (χ1) is 7.90. The summed E-state index contributed by atoms with van der Waals surface area (Å²) in [7, 11) is 0. The lowest BCUT2D eigenvalue weighted by atomic mass is 10.2. The maximum absolute atomic E-state index is 4.04. The van der Waals surface area contributed by atoms with Crippen LogP contribution in [0.5, 0.6) is 0 Å². The van der Waals surface area contributed by atoms with Gasteiger partial charge in [-0.25, -0.2) is 0 Å². The molecule has 88 valence electrons. The SMILES string of the molecule is CCCNC(CSc1ccncc1)C1CC1. The Morgan fingerprint density at radius 3 is 2.81 bits per heavy atom. The van der Waals surface area contributed by atoms with Crippen LogP contribution in [0.2, 0.25) is 0 Å². The van der Waals surface area contributed by atoms with Crippen LogP contribution in [-0.2, 0) is 0 Å². The van der Waals surface area contributed by atoms with Crippen LogP contribution in [0.4, 0.5) is 0 Å². The van der Waals surface area contributed by atoms with Crippen molar-refractivity contribution in [3.8, 4) is 0 Å². The van der Waals surface area contributed by atoms with Crippen LogP contribution in [0.3, 0.4) is 0 Å². The molecule has 1 aliphatic carbocycles. The van der Waals surface area contributed by atoms with Crippen molar-refractivity contribution in [3.63, 3.8) is 0 Å². The average Bonchev–Trinajstić information content (AvgIpc) is 3.15. The Morgan fingerprint density at radius 2 is 2.19 bits per heavy atom. The summed E-state index contributed by atoms with van der Waals surface area (Å²) >= 11 is 1.94. The number of nitrogens with zero attached hydrogens (tertiary/aromatic N) is 1. The fraction of sp³-hybridized carbons (Fsp3) is 0.615. The van der Waals surface area contributed by atoms with Gasteiger partial charge in [0.25, 0.3) is 0 Å². The molecule has 0 amide bonds. The molecule has 1 fully saturated rings. The van der Waals surface area contributed by atoms with Crippen molar-refractivity contribution >= 4 is 11.8 Å². The first-order valence-corrected chi connectivity index (χ1v) is 7.15. The molecule has 2 nitrogen and oxygen atoms in total. The third-order valence-corrected chi connectivity index (χ3v) is 4.06. The lowest BCUT2D eigenvalue weighted by Gasteiger charge is -2.17. The van der Waals surface area contributed by atoms with E-state index in [0.29, 0.717) is 6.04 Å². The summed E-state index contributed by atoms with van der Waals surface area (Å²) in [6.07, 6.45) is 7.79. The molecule has 0 spiro atoms. The van der Waals surface area contributed by atoms with Gasteiger partial charge in [0, 0.05) is 29.1 Å². The summed E-state index contributed by atoms with van der Waals surface area (Å²) in [6.45, 7) is 3.38. The highest BCUT2D eigenvalue weighted by Crippen LogP contribution is 2.35. The molecule has 1 N–H and O–H groups in total. The maximum atomic E-state index is 4.04. The van der Waals surface area contributed by atoms with Crippen molar-refractivity contribution < 1.29 is 0 Å². The molecule has 16 heavy (non-hydrogen) atoms. The van der Waals surface area contributed by atoms with Gasteiger partial charge in [-0.2, -0.15) is 0 Å². The highest BCUT2D eigenvalue weighted by molar-refractivity contribution is 7.99. The summed E-state index contributed by atoms with van der Waals surface area (Å²) in [4.78, 5) is 5.37. The van der Waals surface area contributed by atoms with E-state index in [0.717, 1.165) is 12.5 Å². The highest BCUT2D eigenvalue weighted by atomic mass is 32.2. The molecule has 0 bridgehead atoms. The lowest BCUT2D eigenvalue weighted by molar-refractivity contribution is 0.503. The third-order valence-electron chi connectivity index (χ3n) is 2.93. The standard InChI is InChI=1S/C13H20N2S/c1-2-7-15-13(11-3-4-11)10-16-12-5-8-14-9-6-12/h5-6,8-9,11,13,15H,2-4,7,10H2,1H3. The van der Waals surface area contributed by atoms with Crippen LogP contribution in [0, 0.1) is 5.92 Å². The van der Waals surface area contributed by atoms with Gasteiger partial charge in [-0.15, -0.1) is 11.8 Å². The summed E-state index contributed by atoms with van der Waals surface area (Å²) in [5.41, 5.74) is 0. The summed E-state index contributed by atoms with van der Waals surface area (Å²) in [6, 6.07) is 4.89. The topological polar surface area (TPSA) is 24.9 Å². The molecule has 1 aromatic heterocycles. The van der Waals surface area contributed by atoms with Gasteiger partial charge in [0.1, 0.15) is 0 Å². The number of hydrogen-bond donors (Lipinski definition) is 1.